The summed E-state index contributed by atoms with van der Waals surface area (Å²) < 4.78 is 0. The maximum atomic E-state index is 8.12. The lowest BCUT2D eigenvalue weighted by Crippen LogP contribution is -2.43. The molecule has 0 spiro atoms. The van der Waals surface area contributed by atoms with E-state index in [-0.39, 0.29) is 6.15 Å². The Labute approximate surface area is 128 Å². The van der Waals surface area contributed by atoms with Gasteiger partial charge in [0, 0.05) is 52.4 Å². The Morgan fingerprint density at radius 3 is 1.81 bits per heavy atom. The fraction of sp³-hybridized carbons (Fsp3) is 0.933. The van der Waals surface area contributed by atoms with Crippen LogP contribution in [0.2, 0.25) is 0 Å². The van der Waals surface area contributed by atoms with Crippen molar-refractivity contribution in [2.45, 2.75) is 13.3 Å². The van der Waals surface area contributed by atoms with Crippen molar-refractivity contribution in [3.8, 4) is 0 Å². The van der Waals surface area contributed by atoms with Crippen LogP contribution in [0.15, 0.2) is 0 Å². The molecule has 2 atom stereocenters. The van der Waals surface area contributed by atoms with Crippen LogP contribution in [-0.2, 0) is 9.59 Å². The van der Waals surface area contributed by atoms with Gasteiger partial charge in [-0.1, -0.05) is 6.92 Å². The van der Waals surface area contributed by atoms with Gasteiger partial charge in [0.1, 0.15) is 0 Å². The third-order valence-corrected chi connectivity index (χ3v) is 4.46. The largest absolute Gasteiger partial charge is 0.373 e. The molecule has 2 saturated heterocycles. The molecule has 0 aliphatic carbocycles. The van der Waals surface area contributed by atoms with Crippen LogP contribution in [0.1, 0.15) is 13.3 Å². The Kier molecular flexibility index (Phi) is 9.46. The molecule has 0 radical (unpaired) electrons. The van der Waals surface area contributed by atoms with Gasteiger partial charge < -0.3 is 14.7 Å². The Balaban J connectivity index is 0.000000677. The fourth-order valence-corrected chi connectivity index (χ4v) is 2.92. The second kappa shape index (κ2) is 10.9. The van der Waals surface area contributed by atoms with Crippen LogP contribution in [0.3, 0.4) is 0 Å². The number of fused-ring (bicyclic) bond motifs is 3. The highest BCUT2D eigenvalue weighted by molar-refractivity contribution is 5.20. The number of hydrogen-bond donors (Lipinski definition) is 0. The van der Waals surface area contributed by atoms with Crippen LogP contribution in [0.4, 0.5) is 0 Å². The van der Waals surface area contributed by atoms with Crippen molar-refractivity contribution < 1.29 is 9.59 Å². The highest BCUT2D eigenvalue weighted by atomic mass is 16.2. The van der Waals surface area contributed by atoms with Gasteiger partial charge in [0.25, 0.3) is 0 Å². The topological polar surface area (TPSA) is 47.1 Å². The summed E-state index contributed by atoms with van der Waals surface area (Å²) in [7, 11) is 2.26. The third kappa shape index (κ3) is 7.69. The average molecular weight is 298 g/mol. The van der Waals surface area contributed by atoms with Crippen LogP contribution in [0.25, 0.3) is 0 Å². The van der Waals surface area contributed by atoms with Gasteiger partial charge in [0.2, 0.25) is 0 Å². The monoisotopic (exact) mass is 298 g/mol. The Morgan fingerprint density at radius 2 is 1.24 bits per heavy atom. The van der Waals surface area contributed by atoms with Crippen molar-refractivity contribution >= 4 is 6.15 Å². The quantitative estimate of drug-likeness (QED) is 0.661. The summed E-state index contributed by atoms with van der Waals surface area (Å²) in [6.07, 6.45) is 1.58. The third-order valence-electron chi connectivity index (χ3n) is 4.46. The molecular weight excluding hydrogens is 268 g/mol. The molecule has 0 saturated carbocycles. The first-order valence-corrected chi connectivity index (χ1v) is 8.04. The van der Waals surface area contributed by atoms with Crippen molar-refractivity contribution in [1.29, 1.82) is 0 Å². The van der Waals surface area contributed by atoms with Gasteiger partial charge >= 0.3 is 6.15 Å². The van der Waals surface area contributed by atoms with E-state index >= 15 is 0 Å². The van der Waals surface area contributed by atoms with Crippen molar-refractivity contribution in [2.24, 2.45) is 0 Å². The first kappa shape index (κ1) is 18.3. The highest BCUT2D eigenvalue weighted by Gasteiger charge is 2.16. The number of likely N-dealkylation sites (N-methyl/N-ethyl adjacent to an activating group) is 2. The maximum absolute atomic E-state index is 8.12. The number of carbonyl (C=O) groups excluding carboxylic acids is 2. The molecule has 0 aromatic rings. The molecule has 0 aromatic heterocycles. The molecule has 2 heterocycles. The lowest BCUT2D eigenvalue weighted by Gasteiger charge is -2.31. The lowest BCUT2D eigenvalue weighted by atomic mass is 10.3. The minimum atomic E-state index is 0.250. The zero-order valence-corrected chi connectivity index (χ0v) is 13.6. The van der Waals surface area contributed by atoms with E-state index in [1.165, 1.54) is 78.4 Å². The van der Waals surface area contributed by atoms with Crippen molar-refractivity contribution in [3.63, 3.8) is 0 Å². The summed E-state index contributed by atoms with van der Waals surface area (Å²) in [5, 5.41) is 0. The van der Waals surface area contributed by atoms with Gasteiger partial charge in [-0.2, -0.15) is 9.59 Å². The van der Waals surface area contributed by atoms with E-state index in [2.05, 4.69) is 33.6 Å². The predicted molar refractivity (Wildman–Crippen MR) is 82.1 cm³/mol. The van der Waals surface area contributed by atoms with E-state index in [1.54, 1.807) is 0 Å². The summed E-state index contributed by atoms with van der Waals surface area (Å²) in [5.41, 5.74) is 0. The van der Waals surface area contributed by atoms with Crippen LogP contribution in [-0.4, -0.2) is 105 Å². The van der Waals surface area contributed by atoms with Gasteiger partial charge in [-0.3, -0.25) is 4.90 Å². The minimum absolute atomic E-state index is 0.250. The molecule has 2 fully saturated rings. The summed E-state index contributed by atoms with van der Waals surface area (Å²) >= 11 is 0. The molecule has 0 N–H and O–H groups in total. The van der Waals surface area contributed by atoms with Gasteiger partial charge in [-0.05, 0) is 33.1 Å². The molecule has 2 bridgehead atoms. The Morgan fingerprint density at radius 1 is 0.762 bits per heavy atom. The van der Waals surface area contributed by atoms with E-state index in [0.717, 1.165) is 0 Å². The fourth-order valence-electron chi connectivity index (χ4n) is 2.92. The number of hydrogen-bond acceptors (Lipinski definition) is 6. The van der Waals surface area contributed by atoms with Gasteiger partial charge in [-0.25, -0.2) is 0 Å². The van der Waals surface area contributed by atoms with Crippen molar-refractivity contribution in [3.05, 3.63) is 0 Å². The smallest absolute Gasteiger partial charge is 0.304 e. The van der Waals surface area contributed by atoms with Crippen LogP contribution in [0, 0.1) is 0 Å². The van der Waals surface area contributed by atoms with E-state index in [9.17, 15) is 0 Å². The minimum Gasteiger partial charge on any atom is -0.304 e. The van der Waals surface area contributed by atoms with Crippen LogP contribution in [0.5, 0.6) is 0 Å². The molecule has 0 aromatic carbocycles. The first-order chi connectivity index (χ1) is 10.2. The second-order valence-corrected chi connectivity index (χ2v) is 5.86. The Hall–Kier alpha value is -0.780. The molecule has 6 nitrogen and oxygen atoms in total. The first-order valence-electron chi connectivity index (χ1n) is 8.04. The zero-order chi connectivity index (χ0) is 15.5. The van der Waals surface area contributed by atoms with E-state index < -0.39 is 0 Å². The molecule has 0 amide bonds. The molecule has 2 unspecified atom stereocenters. The van der Waals surface area contributed by atoms with E-state index in [1.807, 2.05) is 0 Å². The van der Waals surface area contributed by atoms with Crippen LogP contribution >= 0.6 is 0 Å². The van der Waals surface area contributed by atoms with Gasteiger partial charge in [0.05, 0.1) is 0 Å². The predicted octanol–water partition coefficient (Wildman–Crippen LogP) is -0.322. The average Bonchev–Trinajstić information content (AvgIpc) is 2.57. The van der Waals surface area contributed by atoms with E-state index in [4.69, 9.17) is 9.59 Å². The summed E-state index contributed by atoms with van der Waals surface area (Å²) in [5.74, 6) is 0. The molecular formula is C15H30N4O2. The summed E-state index contributed by atoms with van der Waals surface area (Å²) in [6.45, 7) is 16.0. The summed E-state index contributed by atoms with van der Waals surface area (Å²) in [6, 6.07) is 0. The summed E-state index contributed by atoms with van der Waals surface area (Å²) in [4.78, 5) is 26.7. The highest BCUT2D eigenvalue weighted by Crippen LogP contribution is 2.04. The van der Waals surface area contributed by atoms with E-state index in [0.29, 0.717) is 0 Å². The second-order valence-electron chi connectivity index (χ2n) is 5.86. The molecule has 2 rings (SSSR count). The normalized spacial score (nSPS) is 29.2. The lowest BCUT2D eigenvalue weighted by molar-refractivity contribution is -0.191. The molecule has 6 heteroatoms. The SMILES string of the molecule is CCN1CCCN2CCN(C)CCN(CC1)CC2.O=C=O. The number of rotatable bonds is 1. The number of nitrogens with zero attached hydrogens (tertiary/aromatic N) is 4. The standard InChI is InChI=1S/C14H30N4.CO2/c1-3-16-5-4-6-17-9-7-15(2)8-10-18(12-11-16)14-13-17;2-1-3/h3-14H2,1-2H3;. The van der Waals surface area contributed by atoms with Gasteiger partial charge in [0.15, 0.2) is 0 Å². The van der Waals surface area contributed by atoms with Crippen molar-refractivity contribution in [1.82, 2.24) is 19.6 Å². The molecule has 2 aliphatic rings. The Bertz CT molecular complexity index is 308. The maximum Gasteiger partial charge on any atom is 0.373 e. The van der Waals surface area contributed by atoms with Crippen molar-refractivity contribution in [2.75, 3.05) is 79.0 Å². The zero-order valence-electron chi connectivity index (χ0n) is 13.6. The van der Waals surface area contributed by atoms with Gasteiger partial charge in [-0.15, -0.1) is 0 Å². The van der Waals surface area contributed by atoms with Crippen LogP contribution < -0.4 is 0 Å². The molecule has 122 valence electrons. The molecule has 21 heavy (non-hydrogen) atoms. The molecule has 2 aliphatic heterocycles.